The largest absolute Gasteiger partial charge is 0.491 e. The van der Waals surface area contributed by atoms with Crippen molar-refractivity contribution in [1.82, 2.24) is 0 Å². The molecule has 250 valence electrons. The topological polar surface area (TPSA) is 18.5 Å². The summed E-state index contributed by atoms with van der Waals surface area (Å²) in [5.74, 6) is 2.16. The van der Waals surface area contributed by atoms with E-state index in [0.717, 1.165) is 37.6 Å². The van der Waals surface area contributed by atoms with Gasteiger partial charge in [0.25, 0.3) is 0 Å². The lowest BCUT2D eigenvalue weighted by Gasteiger charge is -2.14. The maximum absolute atomic E-state index is 6.70. The Labute approximate surface area is 286 Å². The van der Waals surface area contributed by atoms with Gasteiger partial charge in [-0.2, -0.15) is 0 Å². The lowest BCUT2D eigenvalue weighted by atomic mass is 10.1. The van der Waals surface area contributed by atoms with E-state index in [1.54, 1.807) is 0 Å². The quantitative estimate of drug-likeness (QED) is 0.0654. The lowest BCUT2D eigenvalue weighted by Crippen LogP contribution is -2.00. The Morgan fingerprint density at radius 1 is 0.444 bits per heavy atom. The summed E-state index contributed by atoms with van der Waals surface area (Å²) in [6.45, 7) is 10.6. The fraction of sp³-hybridized carbons (Fsp3) is 0.650. The first-order valence-electron chi connectivity index (χ1n) is 18.4. The molecule has 45 heavy (non-hydrogen) atoms. The van der Waals surface area contributed by atoms with E-state index in [9.17, 15) is 0 Å². The number of aryl methyl sites for hydroxylation is 2. The molecule has 0 aliphatic heterocycles. The fourth-order valence-corrected chi connectivity index (χ4v) is 9.47. The molecular weight excluding hydrogens is 609 g/mol. The first kappa shape index (κ1) is 36.3. The zero-order valence-electron chi connectivity index (χ0n) is 28.9. The number of benzene rings is 1. The Hall–Kier alpha value is -1.56. The van der Waals surface area contributed by atoms with E-state index in [1.807, 2.05) is 34.0 Å². The highest BCUT2D eigenvalue weighted by Gasteiger charge is 2.22. The molecule has 3 aromatic heterocycles. The van der Waals surface area contributed by atoms with Gasteiger partial charge in [0, 0.05) is 30.3 Å². The Morgan fingerprint density at radius 2 is 0.889 bits per heavy atom. The monoisotopic (exact) mass is 668 g/mol. The van der Waals surface area contributed by atoms with Crippen molar-refractivity contribution in [3.63, 3.8) is 0 Å². The highest BCUT2D eigenvalue weighted by Crippen LogP contribution is 2.51. The zero-order chi connectivity index (χ0) is 31.7. The second-order valence-electron chi connectivity index (χ2n) is 13.1. The van der Waals surface area contributed by atoms with Gasteiger partial charge in [0.15, 0.2) is 0 Å². The third kappa shape index (κ3) is 11.6. The van der Waals surface area contributed by atoms with Crippen LogP contribution in [0.1, 0.15) is 152 Å². The standard InChI is InChI=1S/C40H60O2S3/c1-5-7-9-11-13-15-17-19-21-23-27-41-37-33-29-32(4)44-39(33)38(42-28-24-22-20-18-16-14-12-10-8-6-2)34-30-36(45-40(34)37)35-26-25-31(3)43-35/h25-26,29-30H,5-24,27-28H2,1-4H3. The first-order valence-corrected chi connectivity index (χ1v) is 20.9. The van der Waals surface area contributed by atoms with E-state index in [4.69, 9.17) is 9.47 Å². The van der Waals surface area contributed by atoms with E-state index in [-0.39, 0.29) is 0 Å². The minimum Gasteiger partial charge on any atom is -0.491 e. The van der Waals surface area contributed by atoms with E-state index >= 15 is 0 Å². The number of hydrogen-bond donors (Lipinski definition) is 0. The number of ether oxygens (including phenoxy) is 2. The fourth-order valence-electron chi connectivity index (χ4n) is 6.33. The molecule has 5 heteroatoms. The van der Waals surface area contributed by atoms with Gasteiger partial charge in [0.2, 0.25) is 0 Å². The summed E-state index contributed by atoms with van der Waals surface area (Å²) < 4.78 is 15.9. The molecule has 2 nitrogen and oxygen atoms in total. The molecule has 0 aliphatic rings. The number of thiophene rings is 3. The highest BCUT2D eigenvalue weighted by molar-refractivity contribution is 7.26. The van der Waals surface area contributed by atoms with E-state index in [0.29, 0.717) is 0 Å². The summed E-state index contributed by atoms with van der Waals surface area (Å²) in [5.41, 5.74) is 0. The molecule has 0 saturated carbocycles. The molecule has 0 fully saturated rings. The van der Waals surface area contributed by atoms with Crippen LogP contribution < -0.4 is 9.47 Å². The second kappa shape index (κ2) is 20.6. The van der Waals surface area contributed by atoms with Crippen molar-refractivity contribution >= 4 is 54.2 Å². The highest BCUT2D eigenvalue weighted by atomic mass is 32.1. The van der Waals surface area contributed by atoms with Crippen LogP contribution in [0.15, 0.2) is 24.3 Å². The molecule has 0 N–H and O–H groups in total. The molecule has 4 rings (SSSR count). The summed E-state index contributed by atoms with van der Waals surface area (Å²) in [7, 11) is 0. The van der Waals surface area contributed by atoms with Gasteiger partial charge < -0.3 is 9.47 Å². The third-order valence-corrected chi connectivity index (χ3v) is 12.3. The van der Waals surface area contributed by atoms with Gasteiger partial charge in [-0.15, -0.1) is 34.0 Å². The Morgan fingerprint density at radius 3 is 1.36 bits per heavy atom. The predicted molar refractivity (Wildman–Crippen MR) is 205 cm³/mol. The molecule has 3 heterocycles. The molecule has 0 unspecified atom stereocenters. The van der Waals surface area contributed by atoms with Crippen LogP contribution >= 0.6 is 34.0 Å². The molecule has 0 aliphatic carbocycles. The van der Waals surface area contributed by atoms with Crippen LogP contribution in [0.5, 0.6) is 11.5 Å². The van der Waals surface area contributed by atoms with Gasteiger partial charge >= 0.3 is 0 Å². The summed E-state index contributed by atoms with van der Waals surface area (Å²) in [6.07, 6.45) is 26.8. The van der Waals surface area contributed by atoms with E-state index < -0.39 is 0 Å². The summed E-state index contributed by atoms with van der Waals surface area (Å²) >= 11 is 5.62. The summed E-state index contributed by atoms with van der Waals surface area (Å²) in [5, 5.41) is 2.48. The smallest absolute Gasteiger partial charge is 0.146 e. The van der Waals surface area contributed by atoms with Crippen LogP contribution in [0.3, 0.4) is 0 Å². The van der Waals surface area contributed by atoms with Crippen molar-refractivity contribution in [2.75, 3.05) is 13.2 Å². The Bertz CT molecular complexity index is 1300. The van der Waals surface area contributed by atoms with Crippen molar-refractivity contribution in [2.24, 2.45) is 0 Å². The minimum absolute atomic E-state index is 0.791. The SMILES string of the molecule is CCCCCCCCCCCCOc1c2cc(-c3ccc(C)s3)sc2c(OCCCCCCCCCCCC)c2cc(C)sc12. The van der Waals surface area contributed by atoms with Crippen LogP contribution in [0.25, 0.3) is 29.9 Å². The number of rotatable bonds is 25. The van der Waals surface area contributed by atoms with Crippen molar-refractivity contribution in [3.8, 4) is 21.3 Å². The summed E-state index contributed by atoms with van der Waals surface area (Å²) in [4.78, 5) is 5.35. The molecule has 0 amide bonds. The Balaban J connectivity index is 1.38. The molecule has 1 aromatic carbocycles. The van der Waals surface area contributed by atoms with Crippen molar-refractivity contribution < 1.29 is 9.47 Å². The molecule has 0 bridgehead atoms. The predicted octanol–water partition coefficient (Wildman–Crippen LogP) is 15.1. The third-order valence-electron chi connectivity index (χ3n) is 8.96. The van der Waals surface area contributed by atoms with Gasteiger partial charge in [-0.1, -0.05) is 129 Å². The number of unbranched alkanes of at least 4 members (excludes halogenated alkanes) is 18. The zero-order valence-corrected chi connectivity index (χ0v) is 31.4. The van der Waals surface area contributed by atoms with Gasteiger partial charge in [-0.3, -0.25) is 0 Å². The molecule has 0 spiro atoms. The van der Waals surface area contributed by atoms with Crippen LogP contribution in [0.2, 0.25) is 0 Å². The molecule has 4 aromatic rings. The lowest BCUT2D eigenvalue weighted by molar-refractivity contribution is 0.307. The molecule has 0 saturated heterocycles. The Kier molecular flexibility index (Phi) is 16.6. The maximum Gasteiger partial charge on any atom is 0.146 e. The maximum atomic E-state index is 6.70. The average molecular weight is 669 g/mol. The van der Waals surface area contributed by atoms with E-state index in [2.05, 4.69) is 52.0 Å². The van der Waals surface area contributed by atoms with Gasteiger partial charge in [0.1, 0.15) is 11.5 Å². The van der Waals surface area contributed by atoms with Crippen LogP contribution in [0.4, 0.5) is 0 Å². The van der Waals surface area contributed by atoms with Crippen LogP contribution in [-0.4, -0.2) is 13.2 Å². The molecule has 0 radical (unpaired) electrons. The van der Waals surface area contributed by atoms with Crippen molar-refractivity contribution in [3.05, 3.63) is 34.0 Å². The van der Waals surface area contributed by atoms with Gasteiger partial charge in [0.05, 0.1) is 22.6 Å². The van der Waals surface area contributed by atoms with Crippen LogP contribution in [0, 0.1) is 13.8 Å². The summed E-state index contributed by atoms with van der Waals surface area (Å²) in [6, 6.07) is 9.21. The molecule has 0 atom stereocenters. The molecular formula is C40H60O2S3. The number of hydrogen-bond acceptors (Lipinski definition) is 5. The van der Waals surface area contributed by atoms with Crippen molar-refractivity contribution in [1.29, 1.82) is 0 Å². The van der Waals surface area contributed by atoms with Gasteiger partial charge in [-0.05, 0) is 51.0 Å². The average Bonchev–Trinajstić information content (AvgIpc) is 3.77. The minimum atomic E-state index is 0.791. The van der Waals surface area contributed by atoms with Crippen molar-refractivity contribution in [2.45, 2.75) is 156 Å². The normalized spacial score (nSPS) is 11.7. The first-order chi connectivity index (χ1) is 22.1. The number of fused-ring (bicyclic) bond motifs is 2. The van der Waals surface area contributed by atoms with Gasteiger partial charge in [-0.25, -0.2) is 0 Å². The van der Waals surface area contributed by atoms with Crippen LogP contribution in [-0.2, 0) is 0 Å². The second-order valence-corrected chi connectivity index (χ2v) is 16.7. The van der Waals surface area contributed by atoms with E-state index in [1.165, 1.54) is 155 Å².